The smallest absolute Gasteiger partial charge is 0.253 e. The van der Waals surface area contributed by atoms with Gasteiger partial charge >= 0.3 is 0 Å². The van der Waals surface area contributed by atoms with Crippen molar-refractivity contribution in [3.63, 3.8) is 0 Å². The molecule has 16 heavy (non-hydrogen) atoms. The predicted molar refractivity (Wildman–Crippen MR) is 68.2 cm³/mol. The highest BCUT2D eigenvalue weighted by Gasteiger charge is 2.14. The van der Waals surface area contributed by atoms with Crippen molar-refractivity contribution >= 4 is 29.1 Å². The molecule has 1 atom stereocenters. The molecule has 1 aromatic carbocycles. The molecule has 1 unspecified atom stereocenters. The van der Waals surface area contributed by atoms with Gasteiger partial charge in [0.1, 0.15) is 0 Å². The van der Waals surface area contributed by atoms with Crippen LogP contribution in [0.5, 0.6) is 0 Å². The third-order valence-electron chi connectivity index (χ3n) is 2.53. The molecule has 0 saturated carbocycles. The first-order chi connectivity index (χ1) is 7.41. The third-order valence-corrected chi connectivity index (χ3v) is 3.08. The van der Waals surface area contributed by atoms with Crippen LogP contribution in [0.25, 0.3) is 0 Å². The second kappa shape index (κ2) is 5.55. The molecule has 0 radical (unpaired) electrons. The van der Waals surface area contributed by atoms with Crippen molar-refractivity contribution in [1.29, 1.82) is 0 Å². The molecular weight excluding hydrogens is 245 g/mol. The van der Waals surface area contributed by atoms with E-state index in [1.54, 1.807) is 18.2 Å². The fraction of sp³-hybridized carbons (Fsp3) is 0.417. The second-order valence-electron chi connectivity index (χ2n) is 4.13. The van der Waals surface area contributed by atoms with Crippen LogP contribution in [0.2, 0.25) is 10.0 Å². The minimum atomic E-state index is -0.164. The summed E-state index contributed by atoms with van der Waals surface area (Å²) < 4.78 is 0. The highest BCUT2D eigenvalue weighted by molar-refractivity contribution is 6.36. The highest BCUT2D eigenvalue weighted by Crippen LogP contribution is 2.21. The number of halogens is 2. The van der Waals surface area contributed by atoms with Crippen molar-refractivity contribution in [2.24, 2.45) is 5.92 Å². The molecule has 0 saturated heterocycles. The molecule has 0 spiro atoms. The molecule has 1 aromatic rings. The van der Waals surface area contributed by atoms with Gasteiger partial charge in [-0.15, -0.1) is 0 Å². The summed E-state index contributed by atoms with van der Waals surface area (Å²) in [6.07, 6.45) is 0. The number of carbonyl (C=O) groups is 1. The lowest BCUT2D eigenvalue weighted by Gasteiger charge is -2.17. The summed E-state index contributed by atoms with van der Waals surface area (Å²) in [6, 6.07) is 4.97. The van der Waals surface area contributed by atoms with Gasteiger partial charge in [-0.1, -0.05) is 37.0 Å². The Labute approximate surface area is 106 Å². The maximum absolute atomic E-state index is 11.9. The molecule has 4 heteroatoms. The van der Waals surface area contributed by atoms with E-state index in [-0.39, 0.29) is 11.9 Å². The van der Waals surface area contributed by atoms with Gasteiger partial charge in [-0.2, -0.15) is 0 Å². The molecule has 0 heterocycles. The van der Waals surface area contributed by atoms with Crippen molar-refractivity contribution < 1.29 is 4.79 Å². The minimum absolute atomic E-state index is 0.110. The zero-order valence-electron chi connectivity index (χ0n) is 9.55. The number of amides is 1. The minimum Gasteiger partial charge on any atom is -0.349 e. The van der Waals surface area contributed by atoms with Gasteiger partial charge in [0.2, 0.25) is 0 Å². The maximum atomic E-state index is 11.9. The van der Waals surface area contributed by atoms with Crippen LogP contribution in [0, 0.1) is 5.92 Å². The van der Waals surface area contributed by atoms with Gasteiger partial charge in [0.05, 0.1) is 10.6 Å². The topological polar surface area (TPSA) is 29.1 Å². The molecule has 1 rings (SSSR count). The molecule has 88 valence electrons. The predicted octanol–water partition coefficient (Wildman–Crippen LogP) is 3.77. The maximum Gasteiger partial charge on any atom is 0.253 e. The van der Waals surface area contributed by atoms with E-state index in [1.165, 1.54) is 0 Å². The molecule has 2 nitrogen and oxygen atoms in total. The van der Waals surface area contributed by atoms with Crippen LogP contribution in [-0.2, 0) is 0 Å². The summed E-state index contributed by atoms with van der Waals surface area (Å²) in [5.74, 6) is 0.220. The van der Waals surface area contributed by atoms with Gasteiger partial charge in [-0.3, -0.25) is 4.79 Å². The fourth-order valence-corrected chi connectivity index (χ4v) is 1.62. The summed E-state index contributed by atoms with van der Waals surface area (Å²) in [5, 5.41) is 3.79. The number of nitrogens with one attached hydrogen (secondary N) is 1. The molecule has 0 aliphatic heterocycles. The molecule has 0 bridgehead atoms. The van der Waals surface area contributed by atoms with Gasteiger partial charge in [0, 0.05) is 11.1 Å². The van der Waals surface area contributed by atoms with E-state index in [0.29, 0.717) is 21.5 Å². The standard InChI is InChI=1S/C12H15Cl2NO/c1-7(2)8(3)15-12(16)10-5-4-9(13)6-11(10)14/h4-8H,1-3H3,(H,15,16). The third kappa shape index (κ3) is 3.39. The molecule has 1 amide bonds. The van der Waals surface area contributed by atoms with E-state index >= 15 is 0 Å². The Kier molecular flexibility index (Phi) is 4.63. The first-order valence-corrected chi connectivity index (χ1v) is 5.93. The van der Waals surface area contributed by atoms with Crippen molar-refractivity contribution in [2.75, 3.05) is 0 Å². The quantitative estimate of drug-likeness (QED) is 0.880. The zero-order chi connectivity index (χ0) is 12.3. The lowest BCUT2D eigenvalue weighted by Crippen LogP contribution is -2.36. The van der Waals surface area contributed by atoms with Crippen molar-refractivity contribution in [1.82, 2.24) is 5.32 Å². The van der Waals surface area contributed by atoms with Crippen LogP contribution in [-0.4, -0.2) is 11.9 Å². The molecule has 0 fully saturated rings. The summed E-state index contributed by atoms with van der Waals surface area (Å²) in [5.41, 5.74) is 0.457. The first-order valence-electron chi connectivity index (χ1n) is 5.17. The largest absolute Gasteiger partial charge is 0.349 e. The van der Waals surface area contributed by atoms with Crippen molar-refractivity contribution in [3.8, 4) is 0 Å². The van der Waals surface area contributed by atoms with E-state index in [1.807, 2.05) is 6.92 Å². The summed E-state index contributed by atoms with van der Waals surface area (Å²) in [6.45, 7) is 6.06. The Balaban J connectivity index is 2.81. The van der Waals surface area contributed by atoms with E-state index < -0.39 is 0 Å². The summed E-state index contributed by atoms with van der Waals surface area (Å²) >= 11 is 11.7. The Morgan fingerprint density at radius 3 is 2.38 bits per heavy atom. The SMILES string of the molecule is CC(C)C(C)NC(=O)c1ccc(Cl)cc1Cl. The molecular formula is C12H15Cl2NO. The van der Waals surface area contributed by atoms with Crippen LogP contribution < -0.4 is 5.32 Å². The van der Waals surface area contributed by atoms with Crippen molar-refractivity contribution in [3.05, 3.63) is 33.8 Å². The van der Waals surface area contributed by atoms with E-state index in [2.05, 4.69) is 19.2 Å². The van der Waals surface area contributed by atoms with Crippen molar-refractivity contribution in [2.45, 2.75) is 26.8 Å². The van der Waals surface area contributed by atoms with Gasteiger partial charge in [0.25, 0.3) is 5.91 Å². The second-order valence-corrected chi connectivity index (χ2v) is 4.97. The monoisotopic (exact) mass is 259 g/mol. The van der Waals surface area contributed by atoms with Crippen LogP contribution >= 0.6 is 23.2 Å². The average molecular weight is 260 g/mol. The normalized spacial score (nSPS) is 12.6. The van der Waals surface area contributed by atoms with E-state index in [0.717, 1.165) is 0 Å². The van der Waals surface area contributed by atoms with Crippen LogP contribution in [0.3, 0.4) is 0 Å². The van der Waals surface area contributed by atoms with Crippen LogP contribution in [0.4, 0.5) is 0 Å². The Bertz CT molecular complexity index is 391. The molecule has 1 N–H and O–H groups in total. The number of benzene rings is 1. The lowest BCUT2D eigenvalue weighted by atomic mass is 10.1. The number of rotatable bonds is 3. The Morgan fingerprint density at radius 1 is 1.25 bits per heavy atom. The van der Waals surface area contributed by atoms with Crippen LogP contribution in [0.15, 0.2) is 18.2 Å². The molecule has 0 aromatic heterocycles. The Hall–Kier alpha value is -0.730. The zero-order valence-corrected chi connectivity index (χ0v) is 11.1. The van der Waals surface area contributed by atoms with Gasteiger partial charge < -0.3 is 5.32 Å². The van der Waals surface area contributed by atoms with E-state index in [4.69, 9.17) is 23.2 Å². The number of carbonyl (C=O) groups excluding carboxylic acids is 1. The van der Waals surface area contributed by atoms with E-state index in [9.17, 15) is 4.79 Å². The summed E-state index contributed by atoms with van der Waals surface area (Å²) in [4.78, 5) is 11.9. The van der Waals surface area contributed by atoms with Crippen LogP contribution in [0.1, 0.15) is 31.1 Å². The number of hydrogen-bond acceptors (Lipinski definition) is 1. The van der Waals surface area contributed by atoms with Gasteiger partial charge in [-0.25, -0.2) is 0 Å². The molecule has 0 aliphatic rings. The lowest BCUT2D eigenvalue weighted by molar-refractivity contribution is 0.0930. The van der Waals surface area contributed by atoms with Gasteiger partial charge in [-0.05, 0) is 31.0 Å². The Morgan fingerprint density at radius 2 is 1.88 bits per heavy atom. The van der Waals surface area contributed by atoms with Gasteiger partial charge in [0.15, 0.2) is 0 Å². The molecule has 0 aliphatic carbocycles. The average Bonchev–Trinajstić information content (AvgIpc) is 2.16. The number of hydrogen-bond donors (Lipinski definition) is 1. The fourth-order valence-electron chi connectivity index (χ4n) is 1.12. The summed E-state index contributed by atoms with van der Waals surface area (Å²) in [7, 11) is 0. The highest BCUT2D eigenvalue weighted by atomic mass is 35.5. The first kappa shape index (κ1) is 13.3.